The number of carbonyl (C=O) groups excluding carboxylic acids is 1. The third kappa shape index (κ3) is 3.40. The number of aliphatic hydroxyl groups excluding tert-OH is 1. The smallest absolute Gasteiger partial charge is 0.274 e. The first-order valence-corrected chi connectivity index (χ1v) is 5.82. The van der Waals surface area contributed by atoms with Crippen LogP contribution in [0, 0.1) is 17.7 Å². The molecule has 0 spiro atoms. The first-order valence-electron chi connectivity index (χ1n) is 5.82. The monoisotopic (exact) mass is 270 g/mol. The highest BCUT2D eigenvalue weighted by Crippen LogP contribution is 2.14. The van der Waals surface area contributed by atoms with Crippen molar-refractivity contribution in [1.29, 1.82) is 0 Å². The molecular weight excluding hydrogens is 259 g/mol. The summed E-state index contributed by atoms with van der Waals surface area (Å²) in [5.41, 5.74) is 0.780. The maximum Gasteiger partial charge on any atom is 0.274 e. The molecule has 0 saturated carbocycles. The Morgan fingerprint density at radius 2 is 2.20 bits per heavy atom. The molecular formula is C15H11FN2O2. The van der Waals surface area contributed by atoms with Gasteiger partial charge in [-0.05, 0) is 30.3 Å². The molecule has 2 aromatic rings. The number of aromatic nitrogens is 1. The second-order valence-corrected chi connectivity index (χ2v) is 3.82. The van der Waals surface area contributed by atoms with Gasteiger partial charge in [0.1, 0.15) is 18.1 Å². The van der Waals surface area contributed by atoms with Crippen molar-refractivity contribution in [1.82, 2.24) is 4.98 Å². The van der Waals surface area contributed by atoms with Crippen molar-refractivity contribution in [2.75, 3.05) is 11.9 Å². The minimum atomic E-state index is -0.512. The van der Waals surface area contributed by atoms with E-state index in [1.165, 1.54) is 24.4 Å². The number of amides is 1. The molecule has 0 saturated heterocycles. The van der Waals surface area contributed by atoms with Crippen molar-refractivity contribution in [2.24, 2.45) is 0 Å². The van der Waals surface area contributed by atoms with E-state index in [2.05, 4.69) is 22.1 Å². The van der Waals surface area contributed by atoms with Gasteiger partial charge in [0.05, 0.1) is 5.56 Å². The second kappa shape index (κ2) is 6.45. The van der Waals surface area contributed by atoms with Gasteiger partial charge < -0.3 is 10.4 Å². The Morgan fingerprint density at radius 1 is 1.35 bits per heavy atom. The van der Waals surface area contributed by atoms with E-state index < -0.39 is 11.7 Å². The van der Waals surface area contributed by atoms with E-state index in [0.29, 0.717) is 5.69 Å². The molecule has 4 nitrogen and oxygen atoms in total. The topological polar surface area (TPSA) is 62.2 Å². The van der Waals surface area contributed by atoms with E-state index >= 15 is 0 Å². The minimum absolute atomic E-state index is 0.109. The third-order valence-electron chi connectivity index (χ3n) is 2.42. The van der Waals surface area contributed by atoms with E-state index in [-0.39, 0.29) is 17.9 Å². The van der Waals surface area contributed by atoms with Crippen LogP contribution in [0.2, 0.25) is 0 Å². The highest BCUT2D eigenvalue weighted by molar-refractivity contribution is 6.02. The van der Waals surface area contributed by atoms with Crippen LogP contribution in [0.5, 0.6) is 0 Å². The van der Waals surface area contributed by atoms with E-state index in [1.54, 1.807) is 18.2 Å². The fraction of sp³-hybridized carbons (Fsp3) is 0.0667. The molecule has 5 heteroatoms. The Bertz CT molecular complexity index is 675. The Balaban J connectivity index is 2.20. The Kier molecular flexibility index (Phi) is 4.43. The summed E-state index contributed by atoms with van der Waals surface area (Å²) >= 11 is 0. The zero-order valence-electron chi connectivity index (χ0n) is 10.4. The zero-order chi connectivity index (χ0) is 14.4. The summed E-state index contributed by atoms with van der Waals surface area (Å²) in [5, 5.41) is 11.2. The summed E-state index contributed by atoms with van der Waals surface area (Å²) < 4.78 is 13.4. The summed E-state index contributed by atoms with van der Waals surface area (Å²) in [6.07, 6.45) is 1.51. The van der Waals surface area contributed by atoms with Crippen LogP contribution in [-0.4, -0.2) is 22.6 Å². The van der Waals surface area contributed by atoms with Crippen LogP contribution in [0.1, 0.15) is 16.1 Å². The molecule has 0 aliphatic carbocycles. The number of benzene rings is 1. The predicted molar refractivity (Wildman–Crippen MR) is 72.6 cm³/mol. The SMILES string of the molecule is O=C(Nc1ccc(F)c(C#CCO)c1)c1ccccn1. The van der Waals surface area contributed by atoms with Crippen molar-refractivity contribution in [3.8, 4) is 11.8 Å². The fourth-order valence-electron chi connectivity index (χ4n) is 1.53. The van der Waals surface area contributed by atoms with E-state index in [4.69, 9.17) is 5.11 Å². The van der Waals surface area contributed by atoms with Crippen LogP contribution < -0.4 is 5.32 Å². The zero-order valence-corrected chi connectivity index (χ0v) is 10.4. The molecule has 0 bridgehead atoms. The molecule has 1 heterocycles. The van der Waals surface area contributed by atoms with Gasteiger partial charge >= 0.3 is 0 Å². The molecule has 0 radical (unpaired) electrons. The van der Waals surface area contributed by atoms with Crippen LogP contribution in [0.15, 0.2) is 42.6 Å². The number of aliphatic hydroxyl groups is 1. The fourth-order valence-corrected chi connectivity index (χ4v) is 1.53. The predicted octanol–water partition coefficient (Wildman–Crippen LogP) is 1.82. The first kappa shape index (κ1) is 13.7. The number of rotatable bonds is 2. The normalized spacial score (nSPS) is 9.50. The molecule has 0 unspecified atom stereocenters. The Morgan fingerprint density at radius 3 is 2.90 bits per heavy atom. The minimum Gasteiger partial charge on any atom is -0.384 e. The largest absolute Gasteiger partial charge is 0.384 e. The second-order valence-electron chi connectivity index (χ2n) is 3.82. The van der Waals surface area contributed by atoms with Gasteiger partial charge in [-0.2, -0.15) is 0 Å². The quantitative estimate of drug-likeness (QED) is 0.818. The molecule has 100 valence electrons. The highest BCUT2D eigenvalue weighted by atomic mass is 19.1. The van der Waals surface area contributed by atoms with E-state index in [9.17, 15) is 9.18 Å². The molecule has 0 aliphatic rings. The van der Waals surface area contributed by atoms with Crippen LogP contribution in [-0.2, 0) is 0 Å². The Hall–Kier alpha value is -2.71. The van der Waals surface area contributed by atoms with Gasteiger partial charge in [-0.15, -0.1) is 0 Å². The lowest BCUT2D eigenvalue weighted by Crippen LogP contribution is -2.13. The highest BCUT2D eigenvalue weighted by Gasteiger charge is 2.08. The molecule has 1 aromatic carbocycles. The number of hydrogen-bond donors (Lipinski definition) is 2. The standard InChI is InChI=1S/C15H11FN2O2/c16-13-7-6-12(10-11(13)4-3-9-19)18-15(20)14-5-1-2-8-17-14/h1-2,5-8,10,19H,9H2,(H,18,20). The number of halogens is 1. The van der Waals surface area contributed by atoms with Gasteiger partial charge in [-0.25, -0.2) is 4.39 Å². The molecule has 2 N–H and O–H groups in total. The van der Waals surface area contributed by atoms with Gasteiger partial charge in [0.2, 0.25) is 0 Å². The van der Waals surface area contributed by atoms with Gasteiger partial charge in [0, 0.05) is 11.9 Å². The molecule has 0 aliphatic heterocycles. The van der Waals surface area contributed by atoms with Crippen LogP contribution in [0.3, 0.4) is 0 Å². The maximum atomic E-state index is 13.4. The maximum absolute atomic E-state index is 13.4. The van der Waals surface area contributed by atoms with Crippen LogP contribution in [0.4, 0.5) is 10.1 Å². The number of hydrogen-bond acceptors (Lipinski definition) is 3. The summed E-state index contributed by atoms with van der Waals surface area (Å²) in [6.45, 7) is -0.357. The molecule has 20 heavy (non-hydrogen) atoms. The van der Waals surface area contributed by atoms with Gasteiger partial charge in [-0.1, -0.05) is 17.9 Å². The molecule has 1 amide bonds. The van der Waals surface area contributed by atoms with Crippen molar-refractivity contribution in [3.63, 3.8) is 0 Å². The van der Waals surface area contributed by atoms with Crippen molar-refractivity contribution in [2.45, 2.75) is 0 Å². The molecule has 1 aromatic heterocycles. The third-order valence-corrected chi connectivity index (χ3v) is 2.42. The van der Waals surface area contributed by atoms with Crippen molar-refractivity contribution < 1.29 is 14.3 Å². The summed E-state index contributed by atoms with van der Waals surface area (Å²) in [5.74, 6) is 3.93. The van der Waals surface area contributed by atoms with Crippen LogP contribution >= 0.6 is 0 Å². The van der Waals surface area contributed by atoms with Gasteiger partial charge in [0.25, 0.3) is 5.91 Å². The Labute approximate surface area is 115 Å². The van der Waals surface area contributed by atoms with E-state index in [0.717, 1.165) is 0 Å². The number of nitrogens with zero attached hydrogens (tertiary/aromatic N) is 1. The van der Waals surface area contributed by atoms with Crippen LogP contribution in [0.25, 0.3) is 0 Å². The van der Waals surface area contributed by atoms with Gasteiger partial charge in [0.15, 0.2) is 0 Å². The molecule has 0 atom stereocenters. The lowest BCUT2D eigenvalue weighted by Gasteiger charge is -2.05. The lowest BCUT2D eigenvalue weighted by atomic mass is 10.2. The van der Waals surface area contributed by atoms with E-state index in [1.807, 2.05) is 0 Å². The lowest BCUT2D eigenvalue weighted by molar-refractivity contribution is 0.102. The van der Waals surface area contributed by atoms with Crippen molar-refractivity contribution in [3.05, 3.63) is 59.7 Å². The number of anilines is 1. The molecule has 0 fully saturated rings. The van der Waals surface area contributed by atoms with Gasteiger partial charge in [-0.3, -0.25) is 9.78 Å². The average Bonchev–Trinajstić information content (AvgIpc) is 2.48. The average molecular weight is 270 g/mol. The van der Waals surface area contributed by atoms with Crippen molar-refractivity contribution >= 4 is 11.6 Å². The first-order chi connectivity index (χ1) is 9.70. The number of carbonyl (C=O) groups is 1. The number of nitrogens with one attached hydrogen (secondary N) is 1. The summed E-state index contributed by atoms with van der Waals surface area (Å²) in [7, 11) is 0. The summed E-state index contributed by atoms with van der Waals surface area (Å²) in [4.78, 5) is 15.8. The summed E-state index contributed by atoms with van der Waals surface area (Å²) in [6, 6.07) is 9.02. The number of pyridine rings is 1. The molecule has 2 rings (SSSR count).